The summed E-state index contributed by atoms with van der Waals surface area (Å²) < 4.78 is 0. The molecule has 1 aliphatic rings. The molecule has 0 aliphatic carbocycles. The van der Waals surface area contributed by atoms with Gasteiger partial charge < -0.3 is 0 Å². The molecule has 0 N–H and O–H groups in total. The molecule has 0 atom stereocenters. The van der Waals surface area contributed by atoms with Crippen LogP contribution in [0.1, 0.15) is 58.8 Å². The van der Waals surface area contributed by atoms with Crippen LogP contribution < -0.4 is 0 Å². The van der Waals surface area contributed by atoms with E-state index in [1.54, 1.807) is 40.6 Å². The van der Waals surface area contributed by atoms with Crippen molar-refractivity contribution in [3.05, 3.63) is 0 Å². The van der Waals surface area contributed by atoms with Crippen LogP contribution in [0.5, 0.6) is 0 Å². The van der Waals surface area contributed by atoms with Gasteiger partial charge >= 0.3 is 114 Å². The number of hydrogen-bond donors (Lipinski definition) is 0. The van der Waals surface area contributed by atoms with E-state index >= 15 is 0 Å². The van der Waals surface area contributed by atoms with E-state index in [1.165, 1.54) is 38.9 Å². The molecule has 1 aliphatic heterocycles. The van der Waals surface area contributed by atoms with Crippen LogP contribution in [-0.2, 0) is 0 Å². The van der Waals surface area contributed by atoms with E-state index in [-0.39, 0.29) is 0 Å². The summed E-state index contributed by atoms with van der Waals surface area (Å²) in [5.41, 5.74) is 0. The molecule has 0 amide bonds. The van der Waals surface area contributed by atoms with E-state index in [0.717, 1.165) is 0 Å². The van der Waals surface area contributed by atoms with E-state index in [4.69, 9.17) is 0 Å². The van der Waals surface area contributed by atoms with Gasteiger partial charge in [0.2, 0.25) is 0 Å². The predicted octanol–water partition coefficient (Wildman–Crippen LogP) is 4.57. The summed E-state index contributed by atoms with van der Waals surface area (Å²) in [4.78, 5) is 7.79. The molecular formula is C15H32GaN. The molecule has 1 nitrogen and oxygen atoms in total. The second-order valence-corrected chi connectivity index (χ2v) is 13.1. The monoisotopic (exact) mass is 295 g/mol. The molecule has 17 heavy (non-hydrogen) atoms. The molecular weight excluding hydrogens is 264 g/mol. The Hall–Kier alpha value is 0.596. The summed E-state index contributed by atoms with van der Waals surface area (Å²) >= 11 is -0.701. The molecule has 0 aromatic rings. The second kappa shape index (κ2) is 10.5. The number of unbranched alkanes of at least 4 members (excludes halogenated alkanes) is 1. The maximum absolute atomic E-state index is 2.67. The Morgan fingerprint density at radius 2 is 1.47 bits per heavy atom. The second-order valence-electron chi connectivity index (χ2n) is 5.84. The number of hydrogen-bond acceptors (Lipinski definition) is 1. The summed E-state index contributed by atoms with van der Waals surface area (Å²) in [5.74, 6) is 0. The van der Waals surface area contributed by atoms with Crippen LogP contribution in [-0.4, -0.2) is 40.8 Å². The van der Waals surface area contributed by atoms with Gasteiger partial charge in [-0.05, 0) is 0 Å². The maximum atomic E-state index is 2.67. The van der Waals surface area contributed by atoms with Crippen LogP contribution in [0, 0.1) is 0 Å². The van der Waals surface area contributed by atoms with Gasteiger partial charge in [-0.1, -0.05) is 0 Å². The molecule has 0 saturated carbocycles. The van der Waals surface area contributed by atoms with Gasteiger partial charge in [0.15, 0.2) is 0 Å². The number of nitrogens with zero attached hydrogens (tertiary/aromatic N) is 1. The van der Waals surface area contributed by atoms with Crippen molar-refractivity contribution in [2.45, 2.75) is 73.7 Å². The van der Waals surface area contributed by atoms with Gasteiger partial charge in [0.1, 0.15) is 0 Å². The summed E-state index contributed by atoms with van der Waals surface area (Å²) in [6.45, 7) is 8.62. The van der Waals surface area contributed by atoms with Crippen molar-refractivity contribution in [1.29, 1.82) is 0 Å². The molecule has 1 fully saturated rings. The van der Waals surface area contributed by atoms with Crippen molar-refractivity contribution < 1.29 is 0 Å². The fourth-order valence-electron chi connectivity index (χ4n) is 3.21. The Labute approximate surface area is 114 Å². The summed E-state index contributed by atoms with van der Waals surface area (Å²) in [5, 5.41) is 0. The normalized spacial score (nSPS) is 16.8. The van der Waals surface area contributed by atoms with Crippen LogP contribution in [0.3, 0.4) is 0 Å². The predicted molar refractivity (Wildman–Crippen MR) is 80.3 cm³/mol. The fourth-order valence-corrected chi connectivity index (χ4v) is 10.5. The topological polar surface area (TPSA) is 3.24 Å². The van der Waals surface area contributed by atoms with Crippen LogP contribution >= 0.6 is 0 Å². The zero-order valence-corrected chi connectivity index (χ0v) is 14.6. The van der Waals surface area contributed by atoms with Gasteiger partial charge in [-0.3, -0.25) is 0 Å². The Balaban J connectivity index is 2.00. The third kappa shape index (κ3) is 7.58. The van der Waals surface area contributed by atoms with E-state index < -0.39 is 16.2 Å². The van der Waals surface area contributed by atoms with Gasteiger partial charge in [-0.25, -0.2) is 0 Å². The third-order valence-electron chi connectivity index (χ3n) is 4.14. The van der Waals surface area contributed by atoms with Crippen LogP contribution in [0.4, 0.5) is 0 Å². The Kier molecular flexibility index (Phi) is 9.68. The Bertz CT molecular complexity index is 160. The first-order valence-electron chi connectivity index (χ1n) is 8.09. The molecule has 1 rings (SSSR count). The molecule has 1 heterocycles. The molecule has 0 bridgehead atoms. The minimum absolute atomic E-state index is 0.701. The third-order valence-corrected chi connectivity index (χ3v) is 11.8. The van der Waals surface area contributed by atoms with E-state index in [9.17, 15) is 0 Å². The molecule has 0 radical (unpaired) electrons. The quantitative estimate of drug-likeness (QED) is 0.445. The SMILES string of the molecule is CCCN(CCC)CCC[CH2][Ga]1[CH2]CCC[CH2]1. The average molecular weight is 296 g/mol. The summed E-state index contributed by atoms with van der Waals surface area (Å²) in [6.07, 6.45) is 10.4. The van der Waals surface area contributed by atoms with Crippen molar-refractivity contribution in [1.82, 2.24) is 4.90 Å². The van der Waals surface area contributed by atoms with Crippen molar-refractivity contribution in [2.75, 3.05) is 19.6 Å². The molecule has 0 aromatic heterocycles. The van der Waals surface area contributed by atoms with Crippen LogP contribution in [0.15, 0.2) is 0 Å². The van der Waals surface area contributed by atoms with Crippen LogP contribution in [0.25, 0.3) is 0 Å². The molecule has 1 saturated heterocycles. The van der Waals surface area contributed by atoms with E-state index in [2.05, 4.69) is 18.7 Å². The zero-order chi connectivity index (χ0) is 12.3. The Morgan fingerprint density at radius 3 is 2.06 bits per heavy atom. The summed E-state index contributed by atoms with van der Waals surface area (Å²) in [6, 6.07) is 0. The minimum atomic E-state index is -0.701. The number of rotatable bonds is 9. The van der Waals surface area contributed by atoms with Crippen molar-refractivity contribution in [3.63, 3.8) is 0 Å². The van der Waals surface area contributed by atoms with E-state index in [0.29, 0.717) is 0 Å². The average Bonchev–Trinajstić information content (AvgIpc) is 2.36. The molecule has 2 heteroatoms. The van der Waals surface area contributed by atoms with Gasteiger partial charge in [-0.2, -0.15) is 0 Å². The fraction of sp³-hybridized carbons (Fsp3) is 1.00. The van der Waals surface area contributed by atoms with Crippen molar-refractivity contribution >= 4 is 16.2 Å². The zero-order valence-electron chi connectivity index (χ0n) is 12.2. The Morgan fingerprint density at radius 1 is 0.824 bits per heavy atom. The van der Waals surface area contributed by atoms with Crippen molar-refractivity contribution in [2.24, 2.45) is 0 Å². The molecule has 0 aromatic carbocycles. The van der Waals surface area contributed by atoms with Gasteiger partial charge in [0.05, 0.1) is 0 Å². The standard InChI is InChI=1S/C10H22N.C5H10.Ga/c1-4-7-10-11(8-5-2)9-6-3;1-3-5-4-2;/h1,4-10H2,2-3H3;1-5H2;. The van der Waals surface area contributed by atoms with Gasteiger partial charge in [0, 0.05) is 0 Å². The molecule has 100 valence electrons. The van der Waals surface area contributed by atoms with E-state index in [1.807, 2.05) is 0 Å². The molecule has 0 spiro atoms. The molecule has 0 unspecified atom stereocenters. The van der Waals surface area contributed by atoms with Crippen LogP contribution in [0.2, 0.25) is 14.9 Å². The summed E-state index contributed by atoms with van der Waals surface area (Å²) in [7, 11) is 0. The van der Waals surface area contributed by atoms with Crippen molar-refractivity contribution in [3.8, 4) is 0 Å². The first-order valence-corrected chi connectivity index (χ1v) is 13.2. The first-order chi connectivity index (χ1) is 8.36. The van der Waals surface area contributed by atoms with Gasteiger partial charge in [-0.15, -0.1) is 0 Å². The van der Waals surface area contributed by atoms with Gasteiger partial charge in [0.25, 0.3) is 0 Å². The first kappa shape index (κ1) is 15.7.